The van der Waals surface area contributed by atoms with Gasteiger partial charge in [0.1, 0.15) is 12.4 Å². The fourth-order valence-corrected chi connectivity index (χ4v) is 3.98. The molecule has 0 aliphatic heterocycles. The van der Waals surface area contributed by atoms with Gasteiger partial charge in [-0.25, -0.2) is 4.98 Å². The second kappa shape index (κ2) is 10.7. The molecule has 0 radical (unpaired) electrons. The maximum Gasteiger partial charge on any atom is 0.315 e. The third kappa shape index (κ3) is 5.28. The topological polar surface area (TPSA) is 109 Å². The minimum atomic E-state index is -0.541. The van der Waals surface area contributed by atoms with E-state index in [2.05, 4.69) is 26.0 Å². The predicted octanol–water partition coefficient (Wildman–Crippen LogP) is 5.66. The maximum absolute atomic E-state index is 13.2. The Morgan fingerprint density at radius 1 is 1.17 bits per heavy atom. The average Bonchev–Trinajstić information content (AvgIpc) is 2.87. The van der Waals surface area contributed by atoms with Crippen LogP contribution in [0.25, 0.3) is 10.9 Å². The highest BCUT2D eigenvalue weighted by Gasteiger charge is 2.22. The minimum absolute atomic E-state index is 0.0146. The summed E-state index contributed by atoms with van der Waals surface area (Å²) in [6.07, 6.45) is 1.37. The van der Waals surface area contributed by atoms with Crippen molar-refractivity contribution in [2.45, 2.75) is 26.4 Å². The van der Waals surface area contributed by atoms with E-state index in [9.17, 15) is 14.9 Å². The highest BCUT2D eigenvalue weighted by atomic mass is 79.9. The van der Waals surface area contributed by atoms with Crippen LogP contribution in [-0.4, -0.2) is 27.9 Å². The van der Waals surface area contributed by atoms with Crippen molar-refractivity contribution >= 4 is 38.7 Å². The number of ether oxygens (including phenoxy) is 2. The summed E-state index contributed by atoms with van der Waals surface area (Å²) in [6, 6.07) is 17.5. The number of hydrogen-bond donors (Lipinski definition) is 0. The molecule has 3 aromatic carbocycles. The first-order valence-corrected chi connectivity index (χ1v) is 11.9. The van der Waals surface area contributed by atoms with Gasteiger partial charge in [0, 0.05) is 22.0 Å². The summed E-state index contributed by atoms with van der Waals surface area (Å²) in [5.41, 5.74) is 1.17. The van der Waals surface area contributed by atoms with Gasteiger partial charge in [-0.2, -0.15) is 9.78 Å². The Kier molecular flexibility index (Phi) is 7.44. The number of nitro benzene ring substituents is 1. The molecule has 0 saturated carbocycles. The van der Waals surface area contributed by atoms with Crippen LogP contribution in [0.4, 0.5) is 5.69 Å². The van der Waals surface area contributed by atoms with E-state index in [0.717, 1.165) is 10.0 Å². The second-order valence-corrected chi connectivity index (χ2v) is 9.17. The molecule has 0 N–H and O–H groups in total. The molecule has 4 aromatic rings. The molecule has 0 spiro atoms. The Morgan fingerprint density at radius 3 is 2.58 bits per heavy atom. The van der Waals surface area contributed by atoms with Gasteiger partial charge in [-0.15, -0.1) is 0 Å². The number of halogens is 1. The summed E-state index contributed by atoms with van der Waals surface area (Å²) in [5, 5.41) is 16.6. The molecular formula is C26H23BrN4O5. The zero-order valence-corrected chi connectivity index (χ0v) is 21.4. The Bertz CT molecular complexity index is 1520. The van der Waals surface area contributed by atoms with Crippen LogP contribution in [0.2, 0.25) is 0 Å². The fourth-order valence-electron chi connectivity index (χ4n) is 3.62. The van der Waals surface area contributed by atoms with Gasteiger partial charge < -0.3 is 9.47 Å². The number of aromatic nitrogens is 2. The van der Waals surface area contributed by atoms with Crippen molar-refractivity contribution in [1.82, 2.24) is 9.66 Å². The molecule has 1 aromatic heterocycles. The number of rotatable bonds is 8. The zero-order valence-electron chi connectivity index (χ0n) is 19.8. The van der Waals surface area contributed by atoms with Gasteiger partial charge in [-0.05, 0) is 29.8 Å². The first-order chi connectivity index (χ1) is 17.3. The molecular weight excluding hydrogens is 528 g/mol. The molecule has 10 heteroatoms. The average molecular weight is 551 g/mol. The second-order valence-electron chi connectivity index (χ2n) is 8.25. The number of hydrogen-bond acceptors (Lipinski definition) is 7. The number of benzene rings is 3. The van der Waals surface area contributed by atoms with Crippen molar-refractivity contribution in [2.24, 2.45) is 5.10 Å². The van der Waals surface area contributed by atoms with Crippen LogP contribution in [0.15, 0.2) is 75.0 Å². The summed E-state index contributed by atoms with van der Waals surface area (Å²) in [5.74, 6) is 0.565. The highest BCUT2D eigenvalue weighted by molar-refractivity contribution is 9.10. The van der Waals surface area contributed by atoms with E-state index >= 15 is 0 Å². The summed E-state index contributed by atoms with van der Waals surface area (Å²) in [6.45, 7) is 3.95. The van der Waals surface area contributed by atoms with Gasteiger partial charge in [0.15, 0.2) is 5.75 Å². The number of fused-ring (bicyclic) bond motifs is 1. The van der Waals surface area contributed by atoms with Crippen LogP contribution in [0, 0.1) is 10.1 Å². The predicted molar refractivity (Wildman–Crippen MR) is 141 cm³/mol. The molecule has 36 heavy (non-hydrogen) atoms. The molecule has 0 fully saturated rings. The van der Waals surface area contributed by atoms with Crippen molar-refractivity contribution in [2.75, 3.05) is 7.11 Å². The Labute approximate surface area is 215 Å². The molecule has 0 aliphatic carbocycles. The number of nitrogens with zero attached hydrogens (tertiary/aromatic N) is 4. The van der Waals surface area contributed by atoms with E-state index in [1.807, 2.05) is 50.2 Å². The van der Waals surface area contributed by atoms with Crippen LogP contribution < -0.4 is 15.0 Å². The Morgan fingerprint density at radius 2 is 1.92 bits per heavy atom. The summed E-state index contributed by atoms with van der Waals surface area (Å²) < 4.78 is 13.1. The van der Waals surface area contributed by atoms with E-state index in [1.54, 1.807) is 18.2 Å². The summed E-state index contributed by atoms with van der Waals surface area (Å²) in [4.78, 5) is 29.2. The van der Waals surface area contributed by atoms with Gasteiger partial charge in [0.2, 0.25) is 5.75 Å². The molecule has 4 rings (SSSR count). The largest absolute Gasteiger partial charge is 0.493 e. The van der Waals surface area contributed by atoms with Crippen molar-refractivity contribution in [3.63, 3.8) is 0 Å². The lowest BCUT2D eigenvalue weighted by Gasteiger charge is -2.13. The Hall–Kier alpha value is -4.05. The van der Waals surface area contributed by atoms with Gasteiger partial charge >= 0.3 is 5.69 Å². The molecule has 0 saturated heterocycles. The molecule has 0 bridgehead atoms. The molecule has 0 aliphatic rings. The van der Waals surface area contributed by atoms with E-state index in [0.29, 0.717) is 22.3 Å². The third-order valence-electron chi connectivity index (χ3n) is 5.37. The number of methoxy groups -OCH3 is 1. The lowest BCUT2D eigenvalue weighted by Crippen LogP contribution is -2.23. The lowest BCUT2D eigenvalue weighted by atomic mass is 10.1. The first kappa shape index (κ1) is 25.1. The molecule has 0 atom stereocenters. The molecule has 0 unspecified atom stereocenters. The molecule has 0 amide bonds. The monoisotopic (exact) mass is 550 g/mol. The fraction of sp³-hybridized carbons (Fsp3) is 0.192. The van der Waals surface area contributed by atoms with Gasteiger partial charge in [-0.1, -0.05) is 60.1 Å². The zero-order chi connectivity index (χ0) is 25.8. The highest BCUT2D eigenvalue weighted by Crippen LogP contribution is 2.38. The van der Waals surface area contributed by atoms with Crippen LogP contribution in [0.1, 0.15) is 36.7 Å². The maximum atomic E-state index is 13.2. The normalized spacial score (nSPS) is 11.4. The van der Waals surface area contributed by atoms with E-state index in [-0.39, 0.29) is 35.3 Å². The molecule has 184 valence electrons. The van der Waals surface area contributed by atoms with Gasteiger partial charge in [-0.3, -0.25) is 14.9 Å². The summed E-state index contributed by atoms with van der Waals surface area (Å²) >= 11 is 3.38. The first-order valence-electron chi connectivity index (χ1n) is 11.1. The van der Waals surface area contributed by atoms with Crippen LogP contribution in [-0.2, 0) is 6.61 Å². The van der Waals surface area contributed by atoms with Crippen LogP contribution >= 0.6 is 15.9 Å². The van der Waals surface area contributed by atoms with Crippen molar-refractivity contribution < 1.29 is 14.4 Å². The number of nitro groups is 1. The van der Waals surface area contributed by atoms with Crippen molar-refractivity contribution in [3.8, 4) is 11.5 Å². The van der Waals surface area contributed by atoms with Crippen LogP contribution in [0.5, 0.6) is 11.5 Å². The van der Waals surface area contributed by atoms with E-state index < -0.39 is 4.92 Å². The summed E-state index contributed by atoms with van der Waals surface area (Å²) in [7, 11) is 1.40. The van der Waals surface area contributed by atoms with Gasteiger partial charge in [0.25, 0.3) is 5.56 Å². The van der Waals surface area contributed by atoms with E-state index in [1.165, 1.54) is 24.1 Å². The molecule has 1 heterocycles. The quantitative estimate of drug-likeness (QED) is 0.159. The van der Waals surface area contributed by atoms with Gasteiger partial charge in [0.05, 0.1) is 29.2 Å². The van der Waals surface area contributed by atoms with Crippen molar-refractivity contribution in [3.05, 3.63) is 103 Å². The van der Waals surface area contributed by atoms with Crippen LogP contribution in [0.3, 0.4) is 0 Å². The third-order valence-corrected chi connectivity index (χ3v) is 5.87. The van der Waals surface area contributed by atoms with E-state index in [4.69, 9.17) is 9.47 Å². The Balaban J connectivity index is 1.76. The SMILES string of the molecule is COc1cc(C=Nn2c(C(C)C)nc3ccc(Br)cc3c2=O)cc([N+](=O)[O-])c1OCc1ccccc1. The standard InChI is InChI=1S/C26H23BrN4O5/c1-16(2)25-29-21-10-9-19(27)13-20(21)26(32)30(25)28-14-18-11-22(31(33)34)24(23(12-18)35-3)36-15-17-7-5-4-6-8-17/h4-14,16H,15H2,1-3H3. The smallest absolute Gasteiger partial charge is 0.315 e. The van der Waals surface area contributed by atoms with Crippen molar-refractivity contribution in [1.29, 1.82) is 0 Å². The minimum Gasteiger partial charge on any atom is -0.493 e. The lowest BCUT2D eigenvalue weighted by molar-refractivity contribution is -0.386. The molecule has 9 nitrogen and oxygen atoms in total.